The lowest BCUT2D eigenvalue weighted by Gasteiger charge is -2.12. The van der Waals surface area contributed by atoms with Gasteiger partial charge in [-0.2, -0.15) is 0 Å². The van der Waals surface area contributed by atoms with Crippen molar-refractivity contribution < 1.29 is 14.6 Å². The van der Waals surface area contributed by atoms with E-state index in [1.165, 1.54) is 6.20 Å². The number of carboxylic acid groups (broad SMARTS) is 1. The van der Waals surface area contributed by atoms with Crippen LogP contribution in [-0.4, -0.2) is 23.2 Å². The second kappa shape index (κ2) is 5.97. The summed E-state index contributed by atoms with van der Waals surface area (Å²) in [5.74, 6) is -1.01. The van der Waals surface area contributed by atoms with E-state index in [9.17, 15) is 4.79 Å². The van der Waals surface area contributed by atoms with Crippen LogP contribution >= 0.6 is 0 Å². The molecule has 5 heteroatoms. The fourth-order valence-corrected chi connectivity index (χ4v) is 1.74. The highest BCUT2D eigenvalue weighted by atomic mass is 16.5. The highest BCUT2D eigenvalue weighted by Gasteiger charge is 2.11. The van der Waals surface area contributed by atoms with Crippen LogP contribution in [0.3, 0.4) is 0 Å². The lowest BCUT2D eigenvalue weighted by Crippen LogP contribution is -2.04. The van der Waals surface area contributed by atoms with Crippen LogP contribution in [0.2, 0.25) is 0 Å². The van der Waals surface area contributed by atoms with Gasteiger partial charge in [0.2, 0.25) is 0 Å². The van der Waals surface area contributed by atoms with Gasteiger partial charge in [0, 0.05) is 30.8 Å². The number of ether oxygens (including phenoxy) is 1. The summed E-state index contributed by atoms with van der Waals surface area (Å²) in [6, 6.07) is 9.22. The number of pyridine rings is 1. The highest BCUT2D eigenvalue weighted by molar-refractivity contribution is 5.94. The smallest absolute Gasteiger partial charge is 0.339 e. The summed E-state index contributed by atoms with van der Waals surface area (Å²) in [5.41, 5.74) is 2.41. The SMILES string of the molecule is COCc1ccccc1Nc1ccncc1C(=O)O. The highest BCUT2D eigenvalue weighted by Crippen LogP contribution is 2.23. The summed E-state index contributed by atoms with van der Waals surface area (Å²) < 4.78 is 5.12. The zero-order valence-electron chi connectivity index (χ0n) is 10.5. The van der Waals surface area contributed by atoms with E-state index in [0.717, 1.165) is 11.3 Å². The first-order valence-electron chi connectivity index (χ1n) is 5.73. The minimum atomic E-state index is -1.01. The molecule has 0 unspecified atom stereocenters. The average molecular weight is 258 g/mol. The molecule has 1 aromatic carbocycles. The van der Waals surface area contributed by atoms with Gasteiger partial charge in [0.15, 0.2) is 0 Å². The van der Waals surface area contributed by atoms with Crippen LogP contribution in [0.15, 0.2) is 42.7 Å². The molecule has 0 bridgehead atoms. The van der Waals surface area contributed by atoms with Gasteiger partial charge in [-0.1, -0.05) is 18.2 Å². The van der Waals surface area contributed by atoms with E-state index in [4.69, 9.17) is 9.84 Å². The number of hydrogen-bond acceptors (Lipinski definition) is 4. The average Bonchev–Trinajstić information content (AvgIpc) is 2.42. The fraction of sp³-hybridized carbons (Fsp3) is 0.143. The number of methoxy groups -OCH3 is 1. The van der Waals surface area contributed by atoms with Crippen LogP contribution in [0.4, 0.5) is 11.4 Å². The maximum absolute atomic E-state index is 11.1. The van der Waals surface area contributed by atoms with Gasteiger partial charge >= 0.3 is 5.97 Å². The van der Waals surface area contributed by atoms with Gasteiger partial charge in [0.1, 0.15) is 5.56 Å². The van der Waals surface area contributed by atoms with Crippen LogP contribution in [-0.2, 0) is 11.3 Å². The number of nitrogens with zero attached hydrogens (tertiary/aromatic N) is 1. The fourth-order valence-electron chi connectivity index (χ4n) is 1.74. The molecule has 19 heavy (non-hydrogen) atoms. The number of nitrogens with one attached hydrogen (secondary N) is 1. The van der Waals surface area contributed by atoms with Crippen molar-refractivity contribution in [2.24, 2.45) is 0 Å². The lowest BCUT2D eigenvalue weighted by atomic mass is 10.1. The molecule has 0 aliphatic heterocycles. The molecule has 0 saturated heterocycles. The molecule has 0 atom stereocenters. The van der Waals surface area contributed by atoms with Gasteiger partial charge < -0.3 is 15.2 Å². The number of benzene rings is 1. The summed E-state index contributed by atoms with van der Waals surface area (Å²) >= 11 is 0. The number of aromatic carboxylic acids is 1. The van der Waals surface area contributed by atoms with E-state index >= 15 is 0 Å². The van der Waals surface area contributed by atoms with E-state index in [2.05, 4.69) is 10.3 Å². The van der Waals surface area contributed by atoms with E-state index in [0.29, 0.717) is 12.3 Å². The Morgan fingerprint density at radius 2 is 2.11 bits per heavy atom. The van der Waals surface area contributed by atoms with E-state index in [1.54, 1.807) is 19.4 Å². The first-order chi connectivity index (χ1) is 9.22. The first kappa shape index (κ1) is 13.0. The number of para-hydroxylation sites is 1. The van der Waals surface area contributed by atoms with Crippen LogP contribution < -0.4 is 5.32 Å². The van der Waals surface area contributed by atoms with Crippen LogP contribution in [0.5, 0.6) is 0 Å². The molecule has 5 nitrogen and oxygen atoms in total. The molecule has 1 heterocycles. The Kier molecular flexibility index (Phi) is 4.10. The van der Waals surface area contributed by atoms with Gasteiger partial charge in [-0.05, 0) is 12.1 Å². The van der Waals surface area contributed by atoms with Crippen molar-refractivity contribution in [1.82, 2.24) is 4.98 Å². The molecule has 98 valence electrons. The number of hydrogen-bond donors (Lipinski definition) is 2. The number of anilines is 2. The molecular weight excluding hydrogens is 244 g/mol. The molecule has 2 aromatic rings. The Labute approximate surface area is 110 Å². The minimum Gasteiger partial charge on any atom is -0.478 e. The Balaban J connectivity index is 2.34. The standard InChI is InChI=1S/C14H14N2O3/c1-19-9-10-4-2-3-5-12(10)16-13-6-7-15-8-11(13)14(17)18/h2-8H,9H2,1H3,(H,15,16)(H,17,18). The zero-order chi connectivity index (χ0) is 13.7. The molecule has 0 spiro atoms. The molecule has 0 aliphatic rings. The van der Waals surface area contributed by atoms with Crippen LogP contribution in [0, 0.1) is 0 Å². The van der Waals surface area contributed by atoms with E-state index in [-0.39, 0.29) is 5.56 Å². The largest absolute Gasteiger partial charge is 0.478 e. The summed E-state index contributed by atoms with van der Waals surface area (Å²) in [6.45, 7) is 0.455. The second-order valence-electron chi connectivity index (χ2n) is 3.94. The molecule has 0 saturated carbocycles. The summed E-state index contributed by atoms with van der Waals surface area (Å²) in [5, 5.41) is 12.2. The third-order valence-electron chi connectivity index (χ3n) is 2.64. The van der Waals surface area contributed by atoms with Crippen molar-refractivity contribution in [3.8, 4) is 0 Å². The quantitative estimate of drug-likeness (QED) is 0.862. The molecule has 0 radical (unpaired) electrons. The van der Waals surface area contributed by atoms with Crippen LogP contribution in [0.1, 0.15) is 15.9 Å². The molecule has 0 amide bonds. The normalized spacial score (nSPS) is 10.2. The first-order valence-corrected chi connectivity index (χ1v) is 5.73. The van der Waals surface area contributed by atoms with Crippen molar-refractivity contribution in [1.29, 1.82) is 0 Å². The minimum absolute atomic E-state index is 0.134. The topological polar surface area (TPSA) is 71.5 Å². The Morgan fingerprint density at radius 3 is 2.84 bits per heavy atom. The molecule has 0 aliphatic carbocycles. The van der Waals surface area contributed by atoms with Gasteiger partial charge in [-0.15, -0.1) is 0 Å². The molecule has 2 N–H and O–H groups in total. The van der Waals surface area contributed by atoms with Crippen molar-refractivity contribution in [3.05, 3.63) is 53.9 Å². The third-order valence-corrected chi connectivity index (χ3v) is 2.64. The Morgan fingerprint density at radius 1 is 1.32 bits per heavy atom. The molecule has 0 fully saturated rings. The Hall–Kier alpha value is -2.40. The molecule has 2 rings (SSSR count). The van der Waals surface area contributed by atoms with Crippen molar-refractivity contribution in [3.63, 3.8) is 0 Å². The number of carbonyl (C=O) groups is 1. The predicted molar refractivity (Wildman–Crippen MR) is 71.6 cm³/mol. The maximum Gasteiger partial charge on any atom is 0.339 e. The van der Waals surface area contributed by atoms with Gasteiger partial charge in [0.25, 0.3) is 0 Å². The van der Waals surface area contributed by atoms with Gasteiger partial charge in [-0.25, -0.2) is 4.79 Å². The number of rotatable bonds is 5. The molecular formula is C14H14N2O3. The summed E-state index contributed by atoms with van der Waals surface area (Å²) in [7, 11) is 1.62. The summed E-state index contributed by atoms with van der Waals surface area (Å²) in [4.78, 5) is 14.9. The predicted octanol–water partition coefficient (Wildman–Crippen LogP) is 2.67. The molecule has 1 aromatic heterocycles. The van der Waals surface area contributed by atoms with E-state index < -0.39 is 5.97 Å². The number of carboxylic acids is 1. The van der Waals surface area contributed by atoms with Gasteiger partial charge in [-0.3, -0.25) is 4.98 Å². The Bertz CT molecular complexity index is 584. The van der Waals surface area contributed by atoms with Crippen molar-refractivity contribution in [2.75, 3.05) is 12.4 Å². The summed E-state index contributed by atoms with van der Waals surface area (Å²) in [6.07, 6.45) is 2.87. The van der Waals surface area contributed by atoms with Crippen molar-refractivity contribution in [2.45, 2.75) is 6.61 Å². The van der Waals surface area contributed by atoms with Crippen LogP contribution in [0.25, 0.3) is 0 Å². The van der Waals surface area contributed by atoms with E-state index in [1.807, 2.05) is 24.3 Å². The number of aromatic nitrogens is 1. The zero-order valence-corrected chi connectivity index (χ0v) is 10.5. The van der Waals surface area contributed by atoms with Crippen molar-refractivity contribution >= 4 is 17.3 Å². The second-order valence-corrected chi connectivity index (χ2v) is 3.94. The lowest BCUT2D eigenvalue weighted by molar-refractivity contribution is 0.0697. The maximum atomic E-state index is 11.1. The van der Waals surface area contributed by atoms with Gasteiger partial charge in [0.05, 0.1) is 12.3 Å². The monoisotopic (exact) mass is 258 g/mol. The third kappa shape index (κ3) is 3.08.